The van der Waals surface area contributed by atoms with Crippen LogP contribution in [0.15, 0.2) is 6.33 Å². The zero-order chi connectivity index (χ0) is 25.5. The molecule has 3 amide bonds. The second-order valence-electron chi connectivity index (χ2n) is 11.0. The van der Waals surface area contributed by atoms with E-state index in [-0.39, 0.29) is 35.7 Å². The number of piperidine rings is 1. The average molecular weight is 526 g/mol. The first-order valence-electron chi connectivity index (χ1n) is 13.6. The van der Waals surface area contributed by atoms with Crippen molar-refractivity contribution in [3.63, 3.8) is 0 Å². The van der Waals surface area contributed by atoms with Crippen LogP contribution in [0.4, 0.5) is 10.9 Å². The first kappa shape index (κ1) is 24.4. The Morgan fingerprint density at radius 1 is 1.08 bits per heavy atom. The van der Waals surface area contributed by atoms with E-state index in [0.29, 0.717) is 29.4 Å². The normalized spacial score (nSPS) is 21.9. The number of anilines is 2. The van der Waals surface area contributed by atoms with Crippen molar-refractivity contribution in [2.75, 3.05) is 30.3 Å². The third-order valence-corrected chi connectivity index (χ3v) is 9.34. The lowest BCUT2D eigenvalue weighted by Crippen LogP contribution is -2.41. The SMILES string of the molecule is CC(=O)N1CCC(Nc2nncn2[C@H]2CCc3sc(NC(=O)C4CC4)c(C(=O)NCC4CC4)c3C2)CC1. The molecule has 2 aromatic heterocycles. The van der Waals surface area contributed by atoms with Crippen LogP contribution in [-0.4, -0.2) is 63.1 Å². The molecular weight excluding hydrogens is 490 g/mol. The maximum atomic E-state index is 13.4. The molecule has 198 valence electrons. The Morgan fingerprint density at radius 3 is 2.57 bits per heavy atom. The van der Waals surface area contributed by atoms with Gasteiger partial charge in [-0.1, -0.05) is 0 Å². The smallest absolute Gasteiger partial charge is 0.254 e. The highest BCUT2D eigenvalue weighted by atomic mass is 32.1. The van der Waals surface area contributed by atoms with Gasteiger partial charge < -0.3 is 20.9 Å². The van der Waals surface area contributed by atoms with E-state index in [1.165, 1.54) is 17.7 Å². The second kappa shape index (κ2) is 10.1. The molecule has 10 nitrogen and oxygen atoms in total. The molecule has 0 radical (unpaired) electrons. The molecule has 6 rings (SSSR count). The van der Waals surface area contributed by atoms with Crippen molar-refractivity contribution in [2.24, 2.45) is 11.8 Å². The zero-order valence-electron chi connectivity index (χ0n) is 21.3. The van der Waals surface area contributed by atoms with E-state index in [9.17, 15) is 14.4 Å². The van der Waals surface area contributed by atoms with Crippen molar-refractivity contribution in [3.05, 3.63) is 22.3 Å². The summed E-state index contributed by atoms with van der Waals surface area (Å²) in [6.45, 7) is 3.81. The van der Waals surface area contributed by atoms with Gasteiger partial charge in [0.15, 0.2) is 0 Å². The highest BCUT2D eigenvalue weighted by molar-refractivity contribution is 7.17. The van der Waals surface area contributed by atoms with E-state index in [1.807, 2.05) is 4.90 Å². The lowest BCUT2D eigenvalue weighted by atomic mass is 9.91. The third-order valence-electron chi connectivity index (χ3n) is 8.14. The number of carbonyl (C=O) groups is 3. The highest BCUT2D eigenvalue weighted by Gasteiger charge is 2.35. The standard InChI is InChI=1S/C26H35N7O3S/c1-15(34)32-10-8-18(9-11-32)29-26-31-28-14-33(26)19-6-7-21-20(12-19)22(24(36)27-13-16-2-3-16)25(37-21)30-23(35)17-4-5-17/h14,16-19H,2-13H2,1H3,(H,27,36)(H,29,31)(H,30,35)/t19-/m0/s1. The summed E-state index contributed by atoms with van der Waals surface area (Å²) in [5.74, 6) is 1.50. The van der Waals surface area contributed by atoms with Gasteiger partial charge in [-0.25, -0.2) is 0 Å². The summed E-state index contributed by atoms with van der Waals surface area (Å²) >= 11 is 1.57. The van der Waals surface area contributed by atoms with Crippen molar-refractivity contribution in [3.8, 4) is 0 Å². The topological polar surface area (TPSA) is 121 Å². The number of thiophene rings is 1. The van der Waals surface area contributed by atoms with Gasteiger partial charge in [-0.3, -0.25) is 19.0 Å². The molecule has 11 heteroatoms. The van der Waals surface area contributed by atoms with Crippen LogP contribution in [0.5, 0.6) is 0 Å². The van der Waals surface area contributed by atoms with Gasteiger partial charge in [0.2, 0.25) is 17.8 Å². The maximum absolute atomic E-state index is 13.4. The van der Waals surface area contributed by atoms with Gasteiger partial charge in [-0.05, 0) is 69.3 Å². The van der Waals surface area contributed by atoms with Gasteiger partial charge in [0.1, 0.15) is 11.3 Å². The molecule has 1 aliphatic heterocycles. The van der Waals surface area contributed by atoms with Crippen molar-refractivity contribution < 1.29 is 14.4 Å². The summed E-state index contributed by atoms with van der Waals surface area (Å²) < 4.78 is 2.10. The molecular formula is C26H35N7O3S. The molecule has 2 saturated carbocycles. The minimum absolute atomic E-state index is 0.0347. The monoisotopic (exact) mass is 525 g/mol. The Bertz CT molecular complexity index is 1190. The fraction of sp³-hybridized carbons (Fsp3) is 0.654. The summed E-state index contributed by atoms with van der Waals surface area (Å²) in [4.78, 5) is 40.7. The number of carbonyl (C=O) groups excluding carboxylic acids is 3. The fourth-order valence-electron chi connectivity index (χ4n) is 5.47. The predicted octanol–water partition coefficient (Wildman–Crippen LogP) is 2.98. The Labute approximate surface area is 220 Å². The number of rotatable bonds is 8. The van der Waals surface area contributed by atoms with Crippen molar-refractivity contribution in [2.45, 2.75) is 76.8 Å². The van der Waals surface area contributed by atoms with Crippen LogP contribution >= 0.6 is 11.3 Å². The first-order valence-corrected chi connectivity index (χ1v) is 14.4. The van der Waals surface area contributed by atoms with Crippen molar-refractivity contribution in [1.82, 2.24) is 25.0 Å². The minimum atomic E-state index is -0.0736. The number of fused-ring (bicyclic) bond motifs is 1. The quantitative estimate of drug-likeness (QED) is 0.487. The van der Waals surface area contributed by atoms with Gasteiger partial charge in [0.05, 0.1) is 5.56 Å². The molecule has 3 N–H and O–H groups in total. The van der Waals surface area contributed by atoms with Crippen LogP contribution in [0.25, 0.3) is 0 Å². The maximum Gasteiger partial charge on any atom is 0.254 e. The van der Waals surface area contributed by atoms with Crippen LogP contribution in [0.3, 0.4) is 0 Å². The van der Waals surface area contributed by atoms with E-state index >= 15 is 0 Å². The van der Waals surface area contributed by atoms with Crippen molar-refractivity contribution >= 4 is 40.0 Å². The van der Waals surface area contributed by atoms with Crippen LogP contribution in [0.1, 0.15) is 78.7 Å². The first-order chi connectivity index (χ1) is 18.0. The lowest BCUT2D eigenvalue weighted by Gasteiger charge is -2.32. The molecule has 0 bridgehead atoms. The molecule has 37 heavy (non-hydrogen) atoms. The fourth-order valence-corrected chi connectivity index (χ4v) is 6.72. The van der Waals surface area contributed by atoms with Crippen molar-refractivity contribution in [1.29, 1.82) is 0 Å². The number of aryl methyl sites for hydroxylation is 1. The number of aromatic nitrogens is 3. The molecule has 3 aliphatic carbocycles. The number of hydrogen-bond donors (Lipinski definition) is 3. The summed E-state index contributed by atoms with van der Waals surface area (Å²) in [5, 5.41) is 19.0. The zero-order valence-corrected chi connectivity index (χ0v) is 22.1. The molecule has 0 aromatic carbocycles. The summed E-state index contributed by atoms with van der Waals surface area (Å²) in [5.41, 5.74) is 1.70. The number of nitrogens with zero attached hydrogens (tertiary/aromatic N) is 4. The summed E-state index contributed by atoms with van der Waals surface area (Å²) in [6.07, 6.45) is 10.2. The van der Waals surface area contributed by atoms with E-state index in [4.69, 9.17) is 0 Å². The molecule has 0 unspecified atom stereocenters. The molecule has 3 fully saturated rings. The second-order valence-corrected chi connectivity index (χ2v) is 12.1. The van der Waals surface area contributed by atoms with E-state index in [0.717, 1.165) is 63.1 Å². The Balaban J connectivity index is 1.19. The van der Waals surface area contributed by atoms with E-state index < -0.39 is 0 Å². The van der Waals surface area contributed by atoms with Crippen LogP contribution in [0.2, 0.25) is 0 Å². The number of nitrogens with one attached hydrogen (secondary N) is 3. The lowest BCUT2D eigenvalue weighted by molar-refractivity contribution is -0.129. The number of hydrogen-bond acceptors (Lipinski definition) is 7. The molecule has 2 aromatic rings. The number of likely N-dealkylation sites (tertiary alicyclic amines) is 1. The largest absolute Gasteiger partial charge is 0.352 e. The van der Waals surface area contributed by atoms with E-state index in [1.54, 1.807) is 24.6 Å². The van der Waals surface area contributed by atoms with Gasteiger partial charge in [0.25, 0.3) is 5.91 Å². The molecule has 1 atom stereocenters. The van der Waals surface area contributed by atoms with Gasteiger partial charge in [-0.2, -0.15) is 0 Å². The third kappa shape index (κ3) is 5.37. The van der Waals surface area contributed by atoms with Gasteiger partial charge in [-0.15, -0.1) is 21.5 Å². The van der Waals surface area contributed by atoms with E-state index in [2.05, 4.69) is 30.7 Å². The molecule has 0 spiro atoms. The van der Waals surface area contributed by atoms with Gasteiger partial charge in [0, 0.05) is 49.4 Å². The summed E-state index contributed by atoms with van der Waals surface area (Å²) in [7, 11) is 0. The van der Waals surface area contributed by atoms with Gasteiger partial charge >= 0.3 is 0 Å². The van der Waals surface area contributed by atoms with Crippen LogP contribution in [0, 0.1) is 11.8 Å². The molecule has 1 saturated heterocycles. The Kier molecular flexibility index (Phi) is 6.64. The highest BCUT2D eigenvalue weighted by Crippen LogP contribution is 2.42. The Morgan fingerprint density at radius 2 is 1.86 bits per heavy atom. The minimum Gasteiger partial charge on any atom is -0.352 e. The molecule has 3 heterocycles. The summed E-state index contributed by atoms with van der Waals surface area (Å²) in [6, 6.07) is 0.366. The Hall–Kier alpha value is -2.95. The average Bonchev–Trinajstić information content (AvgIpc) is 3.82. The number of amides is 3. The molecule has 4 aliphatic rings. The van der Waals surface area contributed by atoms with Crippen LogP contribution < -0.4 is 16.0 Å². The predicted molar refractivity (Wildman–Crippen MR) is 141 cm³/mol. The van der Waals surface area contributed by atoms with Crippen LogP contribution in [-0.2, 0) is 22.4 Å².